The summed E-state index contributed by atoms with van der Waals surface area (Å²) >= 11 is 0. The van der Waals surface area contributed by atoms with Gasteiger partial charge < -0.3 is 15.2 Å². The molecule has 1 saturated heterocycles. The van der Waals surface area contributed by atoms with E-state index in [1.165, 1.54) is 47.0 Å². The minimum Gasteiger partial charge on any atom is -0.358 e. The van der Waals surface area contributed by atoms with Crippen molar-refractivity contribution >= 4 is 16.9 Å². The van der Waals surface area contributed by atoms with Crippen LogP contribution in [0.4, 0.5) is 4.79 Å². The molecule has 1 aliphatic carbocycles. The van der Waals surface area contributed by atoms with Crippen LogP contribution in [-0.4, -0.2) is 35.0 Å². The number of aryl methyl sites for hydroxylation is 2. The zero-order valence-corrected chi connectivity index (χ0v) is 16.1. The Morgan fingerprint density at radius 3 is 2.54 bits per heavy atom. The van der Waals surface area contributed by atoms with Gasteiger partial charge in [0.1, 0.15) is 0 Å². The van der Waals surface area contributed by atoms with Gasteiger partial charge in [-0.1, -0.05) is 30.9 Å². The third-order valence-corrected chi connectivity index (χ3v) is 6.38. The number of urea groups is 1. The zero-order chi connectivity index (χ0) is 18.1. The predicted molar refractivity (Wildman–Crippen MR) is 107 cm³/mol. The molecule has 0 bridgehead atoms. The van der Waals surface area contributed by atoms with E-state index in [-0.39, 0.29) is 6.03 Å². The summed E-state index contributed by atoms with van der Waals surface area (Å²) in [7, 11) is 0. The molecule has 140 valence electrons. The van der Waals surface area contributed by atoms with Crippen molar-refractivity contribution in [1.29, 1.82) is 0 Å². The van der Waals surface area contributed by atoms with E-state index < -0.39 is 0 Å². The summed E-state index contributed by atoms with van der Waals surface area (Å²) in [6.07, 6.45) is 8.22. The van der Waals surface area contributed by atoms with E-state index in [0.717, 1.165) is 38.8 Å². The van der Waals surface area contributed by atoms with Crippen LogP contribution in [0.2, 0.25) is 0 Å². The maximum Gasteiger partial charge on any atom is 0.317 e. The first-order valence-corrected chi connectivity index (χ1v) is 10.3. The number of nitrogens with one attached hydrogen (secondary N) is 2. The normalized spacial score (nSPS) is 19.8. The summed E-state index contributed by atoms with van der Waals surface area (Å²) in [5.74, 6) is 0.529. The molecule has 0 spiro atoms. The molecule has 1 aromatic carbocycles. The van der Waals surface area contributed by atoms with Crippen molar-refractivity contribution in [1.82, 2.24) is 15.2 Å². The van der Waals surface area contributed by atoms with Gasteiger partial charge in [0.25, 0.3) is 0 Å². The Bertz CT molecular complexity index is 780. The van der Waals surface area contributed by atoms with Crippen molar-refractivity contribution in [3.8, 4) is 0 Å². The van der Waals surface area contributed by atoms with E-state index in [4.69, 9.17) is 0 Å². The lowest BCUT2D eigenvalue weighted by molar-refractivity contribution is 0.174. The minimum absolute atomic E-state index is 0.152. The number of likely N-dealkylation sites (tertiary alicyclic amines) is 1. The Hall–Kier alpha value is -1.97. The van der Waals surface area contributed by atoms with Gasteiger partial charge in [-0.05, 0) is 57.2 Å². The van der Waals surface area contributed by atoms with Gasteiger partial charge in [-0.25, -0.2) is 4.79 Å². The molecule has 4 heteroatoms. The summed E-state index contributed by atoms with van der Waals surface area (Å²) < 4.78 is 0. The second-order valence-electron chi connectivity index (χ2n) is 8.26. The number of aromatic amines is 1. The van der Waals surface area contributed by atoms with Gasteiger partial charge in [0.15, 0.2) is 0 Å². The van der Waals surface area contributed by atoms with E-state index in [2.05, 4.69) is 42.3 Å². The van der Waals surface area contributed by atoms with Gasteiger partial charge in [-0.2, -0.15) is 0 Å². The Morgan fingerprint density at radius 2 is 1.81 bits per heavy atom. The van der Waals surface area contributed by atoms with Crippen molar-refractivity contribution in [2.75, 3.05) is 13.1 Å². The molecule has 2 aliphatic rings. The number of fused-ring (bicyclic) bond motifs is 1. The van der Waals surface area contributed by atoms with Gasteiger partial charge in [0.2, 0.25) is 0 Å². The van der Waals surface area contributed by atoms with Crippen molar-refractivity contribution in [3.63, 3.8) is 0 Å². The molecule has 0 radical (unpaired) electrons. The highest BCUT2D eigenvalue weighted by molar-refractivity contribution is 5.85. The summed E-state index contributed by atoms with van der Waals surface area (Å²) in [5.41, 5.74) is 5.30. The average molecular weight is 354 g/mol. The fourth-order valence-electron chi connectivity index (χ4n) is 4.75. The molecule has 0 atom stereocenters. The Kier molecular flexibility index (Phi) is 4.92. The smallest absolute Gasteiger partial charge is 0.317 e. The molecule has 1 aromatic heterocycles. The lowest BCUT2D eigenvalue weighted by Gasteiger charge is -2.34. The number of hydrogen-bond acceptors (Lipinski definition) is 1. The summed E-state index contributed by atoms with van der Waals surface area (Å²) in [4.78, 5) is 18.2. The van der Waals surface area contributed by atoms with E-state index in [1.54, 1.807) is 0 Å². The van der Waals surface area contributed by atoms with Crippen molar-refractivity contribution < 1.29 is 4.79 Å². The monoisotopic (exact) mass is 353 g/mol. The molecule has 0 unspecified atom stereocenters. The second kappa shape index (κ2) is 7.34. The number of carbonyl (C=O) groups excluding carboxylic acids is 1. The van der Waals surface area contributed by atoms with Crippen LogP contribution in [0.5, 0.6) is 0 Å². The van der Waals surface area contributed by atoms with Crippen LogP contribution >= 0.6 is 0 Å². The third-order valence-electron chi connectivity index (χ3n) is 6.38. The van der Waals surface area contributed by atoms with Gasteiger partial charge in [-0.15, -0.1) is 0 Å². The van der Waals surface area contributed by atoms with Crippen LogP contribution in [0.3, 0.4) is 0 Å². The topological polar surface area (TPSA) is 48.1 Å². The van der Waals surface area contributed by atoms with Gasteiger partial charge in [0, 0.05) is 41.6 Å². The van der Waals surface area contributed by atoms with E-state index in [0.29, 0.717) is 12.0 Å². The van der Waals surface area contributed by atoms with Gasteiger partial charge in [0.05, 0.1) is 0 Å². The summed E-state index contributed by atoms with van der Waals surface area (Å²) in [5, 5.41) is 4.61. The molecule has 2 amide bonds. The number of benzene rings is 1. The van der Waals surface area contributed by atoms with Crippen molar-refractivity contribution in [2.45, 2.75) is 70.8 Å². The highest BCUT2D eigenvalue weighted by Crippen LogP contribution is 2.34. The quantitative estimate of drug-likeness (QED) is 0.783. The highest BCUT2D eigenvalue weighted by atomic mass is 16.2. The molecule has 4 rings (SSSR count). The van der Waals surface area contributed by atoms with Crippen LogP contribution in [-0.2, 0) is 0 Å². The Labute approximate surface area is 156 Å². The summed E-state index contributed by atoms with van der Waals surface area (Å²) in [6, 6.07) is 7.18. The molecule has 1 saturated carbocycles. The zero-order valence-electron chi connectivity index (χ0n) is 16.1. The fourth-order valence-corrected chi connectivity index (χ4v) is 4.75. The number of nitrogens with zero attached hydrogens (tertiary/aromatic N) is 1. The SMILES string of the molecule is Cc1ccc2[nH]c(C3CCN(C(=O)NC4CCCCC4)CC3)c(C)c2c1. The van der Waals surface area contributed by atoms with Crippen LogP contribution in [0.25, 0.3) is 10.9 Å². The maximum atomic E-state index is 12.6. The molecule has 2 aromatic rings. The third kappa shape index (κ3) is 3.46. The molecule has 1 aliphatic heterocycles. The molecular weight excluding hydrogens is 322 g/mol. The highest BCUT2D eigenvalue weighted by Gasteiger charge is 2.27. The first-order chi connectivity index (χ1) is 12.6. The van der Waals surface area contributed by atoms with Crippen molar-refractivity contribution in [2.24, 2.45) is 0 Å². The molecule has 2 heterocycles. The van der Waals surface area contributed by atoms with E-state index in [9.17, 15) is 4.79 Å². The van der Waals surface area contributed by atoms with E-state index >= 15 is 0 Å². The van der Waals surface area contributed by atoms with Crippen molar-refractivity contribution in [3.05, 3.63) is 35.0 Å². The summed E-state index contributed by atoms with van der Waals surface area (Å²) in [6.45, 7) is 6.10. The largest absolute Gasteiger partial charge is 0.358 e. The predicted octanol–water partition coefficient (Wildman–Crippen LogP) is 5.01. The standard InChI is InChI=1S/C22H31N3O/c1-15-8-9-20-19(14-15)16(2)21(24-20)17-10-12-25(13-11-17)22(26)23-18-6-4-3-5-7-18/h8-9,14,17-18,24H,3-7,10-13H2,1-2H3,(H,23,26). The number of aromatic nitrogens is 1. The lowest BCUT2D eigenvalue weighted by Crippen LogP contribution is -2.48. The van der Waals surface area contributed by atoms with Crippen LogP contribution < -0.4 is 5.32 Å². The number of hydrogen-bond donors (Lipinski definition) is 2. The lowest BCUT2D eigenvalue weighted by atomic mass is 9.91. The first kappa shape index (κ1) is 17.4. The number of carbonyl (C=O) groups is 1. The van der Waals surface area contributed by atoms with Gasteiger partial charge in [-0.3, -0.25) is 0 Å². The molecular formula is C22H31N3O. The van der Waals surface area contributed by atoms with Crippen LogP contribution in [0.15, 0.2) is 18.2 Å². The first-order valence-electron chi connectivity index (χ1n) is 10.3. The Balaban J connectivity index is 1.39. The van der Waals surface area contributed by atoms with Crippen LogP contribution in [0.1, 0.15) is 67.7 Å². The number of amides is 2. The number of rotatable bonds is 2. The van der Waals surface area contributed by atoms with E-state index in [1.807, 2.05) is 4.90 Å². The number of piperidine rings is 1. The molecule has 26 heavy (non-hydrogen) atoms. The van der Waals surface area contributed by atoms with Crippen LogP contribution in [0, 0.1) is 13.8 Å². The minimum atomic E-state index is 0.152. The number of H-pyrrole nitrogens is 1. The molecule has 4 nitrogen and oxygen atoms in total. The Morgan fingerprint density at radius 1 is 1.08 bits per heavy atom. The fraction of sp³-hybridized carbons (Fsp3) is 0.591. The average Bonchev–Trinajstić information content (AvgIpc) is 2.99. The molecule has 2 N–H and O–H groups in total. The van der Waals surface area contributed by atoms with Gasteiger partial charge >= 0.3 is 6.03 Å². The molecule has 2 fully saturated rings. The second-order valence-corrected chi connectivity index (χ2v) is 8.26. The maximum absolute atomic E-state index is 12.6.